The molecule has 0 amide bonds. The lowest BCUT2D eigenvalue weighted by molar-refractivity contribution is -0.373. The van der Waals surface area contributed by atoms with Crippen LogP contribution in [0.5, 0.6) is 0 Å². The Bertz CT molecular complexity index is 2270. The summed E-state index contributed by atoms with van der Waals surface area (Å²) in [5, 5.41) is 176. The van der Waals surface area contributed by atoms with Crippen LogP contribution >= 0.6 is 0 Å². The van der Waals surface area contributed by atoms with Crippen molar-refractivity contribution in [3.8, 4) is 0 Å². The van der Waals surface area contributed by atoms with E-state index in [0.717, 1.165) is 5.57 Å². The molecule has 26 nitrogen and oxygen atoms in total. The monoisotopic (exact) mass is 1150 g/mol. The maximum Gasteiger partial charge on any atom is 0.317 e. The number of carbonyl (C=O) groups excluding carboxylic acids is 1. The second-order valence-electron chi connectivity index (χ2n) is 26.3. The highest BCUT2D eigenvalue weighted by molar-refractivity contribution is 5.80. The summed E-state index contributed by atoms with van der Waals surface area (Å²) in [5.74, 6) is -3.55. The van der Waals surface area contributed by atoms with Gasteiger partial charge in [0.05, 0.1) is 49.7 Å². The molecule has 9 aliphatic rings. The van der Waals surface area contributed by atoms with Crippen molar-refractivity contribution in [1.29, 1.82) is 0 Å². The molecule has 0 bridgehead atoms. The van der Waals surface area contributed by atoms with Gasteiger partial charge in [-0.1, -0.05) is 46.3 Å². The highest BCUT2D eigenvalue weighted by Gasteiger charge is 2.73. The summed E-state index contributed by atoms with van der Waals surface area (Å²) < 4.78 is 46.9. The first-order valence-electron chi connectivity index (χ1n) is 28.1. The molecule has 8 fully saturated rings. The van der Waals surface area contributed by atoms with Gasteiger partial charge in [-0.15, -0.1) is 0 Å². The van der Waals surface area contributed by atoms with Crippen molar-refractivity contribution in [2.75, 3.05) is 19.8 Å². The Balaban J connectivity index is 1.00. The summed E-state index contributed by atoms with van der Waals surface area (Å²) >= 11 is 0. The van der Waals surface area contributed by atoms with Gasteiger partial charge >= 0.3 is 11.9 Å². The number of aliphatic hydroxyl groups is 15. The predicted molar refractivity (Wildman–Crippen MR) is 266 cm³/mol. The van der Waals surface area contributed by atoms with E-state index in [4.69, 9.17) is 37.9 Å². The lowest BCUT2D eigenvalue weighted by Gasteiger charge is -2.71. The molecule has 4 saturated heterocycles. The molecule has 11 unspecified atom stereocenters. The number of fused-ring (bicyclic) bond motifs is 7. The number of aliphatic hydroxyl groups excluding tert-OH is 15. The van der Waals surface area contributed by atoms with Crippen molar-refractivity contribution in [1.82, 2.24) is 0 Å². The van der Waals surface area contributed by atoms with E-state index in [9.17, 15) is 86.5 Å². The van der Waals surface area contributed by atoms with Crippen LogP contribution in [0.3, 0.4) is 0 Å². The predicted octanol–water partition coefficient (Wildman–Crippen LogP) is -4.00. The third-order valence-electron chi connectivity index (χ3n) is 21.5. The van der Waals surface area contributed by atoms with Gasteiger partial charge in [0.2, 0.25) is 6.29 Å². The molecule has 80 heavy (non-hydrogen) atoms. The minimum absolute atomic E-state index is 0.0459. The molecule has 4 saturated carbocycles. The second-order valence-corrected chi connectivity index (χ2v) is 26.3. The smallest absolute Gasteiger partial charge is 0.317 e. The number of rotatable bonds is 12. The Morgan fingerprint density at radius 1 is 0.600 bits per heavy atom. The fourth-order valence-electron chi connectivity index (χ4n) is 16.6. The topological polar surface area (TPSA) is 432 Å². The van der Waals surface area contributed by atoms with Crippen molar-refractivity contribution in [2.24, 2.45) is 50.2 Å². The van der Waals surface area contributed by atoms with E-state index >= 15 is 4.79 Å². The molecule has 0 spiro atoms. The van der Waals surface area contributed by atoms with Gasteiger partial charge in [-0.25, -0.2) is 0 Å². The summed E-state index contributed by atoms with van der Waals surface area (Å²) in [4.78, 5) is 28.7. The van der Waals surface area contributed by atoms with Crippen LogP contribution in [0, 0.1) is 50.2 Å². The average Bonchev–Trinajstić information content (AvgIpc) is 1.93. The lowest BCUT2D eigenvalue weighted by atomic mass is 9.33. The van der Waals surface area contributed by atoms with Crippen molar-refractivity contribution < 1.29 is 129 Å². The maximum absolute atomic E-state index is 15.6. The molecule has 31 atom stereocenters. The fourth-order valence-corrected chi connectivity index (χ4v) is 16.6. The van der Waals surface area contributed by atoms with Gasteiger partial charge in [0, 0.05) is 0 Å². The Hall–Kier alpha value is -2.20. The number of esters is 1. The number of carbonyl (C=O) groups is 2. The van der Waals surface area contributed by atoms with Gasteiger partial charge < -0.3 is 120 Å². The summed E-state index contributed by atoms with van der Waals surface area (Å²) in [6.45, 7) is 10.6. The molecule has 5 aliphatic carbocycles. The Morgan fingerprint density at radius 2 is 1.16 bits per heavy atom. The molecule has 4 heterocycles. The molecular formula is C54H86O26. The summed E-state index contributed by atoms with van der Waals surface area (Å²) in [7, 11) is 0. The van der Waals surface area contributed by atoms with Crippen LogP contribution in [0.1, 0.15) is 99.8 Å². The third kappa shape index (κ3) is 9.73. The van der Waals surface area contributed by atoms with Crippen LogP contribution in [0.4, 0.5) is 0 Å². The number of ether oxygens (including phenoxy) is 8. The molecule has 0 aromatic carbocycles. The van der Waals surface area contributed by atoms with E-state index in [1.54, 1.807) is 0 Å². The van der Waals surface area contributed by atoms with Gasteiger partial charge in [-0.3, -0.25) is 9.59 Å². The summed E-state index contributed by atoms with van der Waals surface area (Å²) in [6, 6.07) is 0. The van der Waals surface area contributed by atoms with Crippen LogP contribution < -0.4 is 0 Å². The van der Waals surface area contributed by atoms with Gasteiger partial charge in [0.25, 0.3) is 0 Å². The molecule has 26 heteroatoms. The standard InChI is InChI=1S/C54H86O26/c1-20-30(59)33(62)37(66)44(74-20)78-40-25(18-56)76-43(39(68)36(40)65)73-19-26-32(61)35(64)41(79-45-38(67)34(63)31(60)24(17-55)75-45)46(77-26)80-48(72)54-13-12-51(5)21(22(54)14-49(2,3)16-29(54)58)8-9-27-50(4)15-23(57)42(69)53(7,47(70)71)28(50)10-11-52(27,51)6/h8,20,22-46,55-69H,9-19H2,1-7H3,(H,70,71)/t20-,22?,23?,24+,25+,26+,27?,28?,29?,30-,31+,32+,33+,34-,35-,36+,37+,38+,39+,40+,41+,42?,43+,44-,45-,46-,50?,51?,52?,53?,54?/m0/s1. The zero-order valence-corrected chi connectivity index (χ0v) is 46.1. The molecule has 16 N–H and O–H groups in total. The van der Waals surface area contributed by atoms with Gasteiger partial charge in [-0.05, 0) is 105 Å². The highest BCUT2D eigenvalue weighted by atomic mass is 16.8. The summed E-state index contributed by atoms with van der Waals surface area (Å²) in [6.07, 6.45) is -35.6. The zero-order valence-electron chi connectivity index (χ0n) is 46.1. The van der Waals surface area contributed by atoms with E-state index in [0.29, 0.717) is 32.1 Å². The van der Waals surface area contributed by atoms with Crippen molar-refractivity contribution in [3.63, 3.8) is 0 Å². The molecule has 4 aliphatic heterocycles. The quantitative estimate of drug-likeness (QED) is 0.0654. The van der Waals surface area contributed by atoms with E-state index in [1.807, 2.05) is 20.8 Å². The number of allylic oxidation sites excluding steroid dienone is 2. The first-order chi connectivity index (χ1) is 37.3. The van der Waals surface area contributed by atoms with E-state index in [2.05, 4.69) is 19.9 Å². The SMILES string of the molecule is C[C@@H]1O[C@@H](O[C@H]2[C@H](O)[C@@H](O)[C@H](OC[C@H]3O[C@@H](OC(=O)C45CCC6(C)C(=CCC7C8(C)CC(O)C(O)C(C)(C(=O)O)C8CCC76C)C4CC(C)(C)CC5O)[C@H](O[C@@H]4O[C@H](CO)[C@@H](O)[C@H](O)[C@H]4O)[C@@H](O)[C@@H]3O)O[C@@H]2CO)[C@H](O)[C@H](O)[C@H]1O. The summed E-state index contributed by atoms with van der Waals surface area (Å²) in [5.41, 5.74) is -4.95. The van der Waals surface area contributed by atoms with E-state index in [-0.39, 0.29) is 25.2 Å². The highest BCUT2D eigenvalue weighted by Crippen LogP contribution is 2.76. The van der Waals surface area contributed by atoms with Crippen LogP contribution in [0.25, 0.3) is 0 Å². The van der Waals surface area contributed by atoms with Crippen molar-refractivity contribution in [3.05, 3.63) is 11.6 Å². The number of hydrogen-bond donors (Lipinski definition) is 16. The minimum atomic E-state index is -2.14. The number of carboxylic acids is 1. The van der Waals surface area contributed by atoms with Gasteiger partial charge in [0.1, 0.15) is 90.9 Å². The first kappa shape index (κ1) is 62.3. The molecule has 0 aromatic heterocycles. The van der Waals surface area contributed by atoms with Crippen LogP contribution in [-0.2, 0) is 47.5 Å². The average molecular weight is 1150 g/mol. The molecule has 9 rings (SSSR count). The van der Waals surface area contributed by atoms with Gasteiger partial charge in [0.15, 0.2) is 25.0 Å². The Kier molecular flexibility index (Phi) is 17.3. The maximum atomic E-state index is 15.6. The third-order valence-corrected chi connectivity index (χ3v) is 21.5. The minimum Gasteiger partial charge on any atom is -0.481 e. The molecule has 458 valence electrons. The number of hydrogen-bond acceptors (Lipinski definition) is 25. The lowest BCUT2D eigenvalue weighted by Crippen LogP contribution is -2.69. The molecule has 0 aromatic rings. The van der Waals surface area contributed by atoms with Crippen LogP contribution in [0.2, 0.25) is 0 Å². The van der Waals surface area contributed by atoms with Crippen molar-refractivity contribution >= 4 is 11.9 Å². The Labute approximate surface area is 462 Å². The molecule has 0 radical (unpaired) electrons. The largest absolute Gasteiger partial charge is 0.481 e. The normalized spacial score (nSPS) is 54.9. The number of aliphatic carboxylic acids is 1. The van der Waals surface area contributed by atoms with E-state index in [1.165, 1.54) is 13.8 Å². The first-order valence-corrected chi connectivity index (χ1v) is 28.1. The fraction of sp³-hybridized carbons (Fsp3) is 0.926. The van der Waals surface area contributed by atoms with E-state index < -0.39 is 217 Å². The molecular weight excluding hydrogens is 1060 g/mol. The van der Waals surface area contributed by atoms with Crippen LogP contribution in [-0.4, -0.2) is 255 Å². The van der Waals surface area contributed by atoms with Gasteiger partial charge in [-0.2, -0.15) is 0 Å². The Morgan fingerprint density at radius 3 is 1.80 bits per heavy atom. The second kappa shape index (κ2) is 22.3. The number of carboxylic acid groups (broad SMARTS) is 1. The van der Waals surface area contributed by atoms with Crippen molar-refractivity contribution in [2.45, 2.75) is 241 Å². The zero-order chi connectivity index (χ0) is 58.9. The van der Waals surface area contributed by atoms with Crippen LogP contribution in [0.15, 0.2) is 11.6 Å².